The van der Waals surface area contributed by atoms with Gasteiger partial charge in [0.25, 0.3) is 5.56 Å². The van der Waals surface area contributed by atoms with Crippen molar-refractivity contribution < 1.29 is 4.79 Å². The van der Waals surface area contributed by atoms with E-state index in [1.165, 1.54) is 15.8 Å². The molecule has 0 saturated carbocycles. The van der Waals surface area contributed by atoms with Gasteiger partial charge in [-0.3, -0.25) is 9.59 Å². The summed E-state index contributed by atoms with van der Waals surface area (Å²) < 4.78 is 1.29. The lowest BCUT2D eigenvalue weighted by atomic mass is 9.84. The largest absolute Gasteiger partial charge is 0.355 e. The molecule has 5 nitrogen and oxygen atoms in total. The number of rotatable bonds is 5. The van der Waals surface area contributed by atoms with Crippen molar-refractivity contribution in [1.29, 1.82) is 0 Å². The second-order valence-electron chi connectivity index (χ2n) is 7.63. The molecule has 1 heterocycles. The van der Waals surface area contributed by atoms with Crippen LogP contribution >= 0.6 is 0 Å². The molecule has 0 spiro atoms. The van der Waals surface area contributed by atoms with Gasteiger partial charge in [-0.1, -0.05) is 61.9 Å². The van der Waals surface area contributed by atoms with Gasteiger partial charge in [-0.25, -0.2) is 4.68 Å². The summed E-state index contributed by atoms with van der Waals surface area (Å²) in [6.07, 6.45) is 0.137. The number of aromatic nitrogens is 2. The summed E-state index contributed by atoms with van der Waals surface area (Å²) in [4.78, 5) is 24.8. The number of carbonyl (C=O) groups is 1. The molecule has 3 aromatic rings. The lowest BCUT2D eigenvalue weighted by molar-refractivity contribution is -0.120. The van der Waals surface area contributed by atoms with E-state index in [1.807, 2.05) is 24.3 Å². The minimum absolute atomic E-state index is 0.105. The molecule has 2 aromatic carbocycles. The van der Waals surface area contributed by atoms with Crippen LogP contribution in [0.1, 0.15) is 30.7 Å². The molecule has 0 bridgehead atoms. The number of nitrogens with zero attached hydrogens (tertiary/aromatic N) is 2. The van der Waals surface area contributed by atoms with Crippen LogP contribution < -0.4 is 10.9 Å². The Labute approximate surface area is 159 Å². The number of hydrogen-bond donors (Lipinski definition) is 1. The molecule has 0 aliphatic carbocycles. The third-order valence-electron chi connectivity index (χ3n) is 4.89. The molecule has 0 aliphatic heterocycles. The fourth-order valence-corrected chi connectivity index (χ4v) is 3.21. The molecule has 140 valence electrons. The van der Waals surface area contributed by atoms with Crippen molar-refractivity contribution in [2.45, 2.75) is 32.6 Å². The van der Waals surface area contributed by atoms with Gasteiger partial charge in [0.15, 0.2) is 0 Å². The number of benzene rings is 2. The van der Waals surface area contributed by atoms with Crippen molar-refractivity contribution in [3.05, 3.63) is 75.7 Å². The molecule has 0 atom stereocenters. The van der Waals surface area contributed by atoms with Gasteiger partial charge in [-0.15, -0.1) is 0 Å². The van der Waals surface area contributed by atoms with Crippen molar-refractivity contribution in [3.8, 4) is 0 Å². The van der Waals surface area contributed by atoms with Gasteiger partial charge < -0.3 is 5.32 Å². The molecule has 5 heteroatoms. The van der Waals surface area contributed by atoms with E-state index in [2.05, 4.69) is 49.4 Å². The quantitative estimate of drug-likeness (QED) is 0.758. The van der Waals surface area contributed by atoms with E-state index >= 15 is 0 Å². The molecule has 1 amide bonds. The zero-order valence-corrected chi connectivity index (χ0v) is 16.2. The van der Waals surface area contributed by atoms with E-state index in [1.54, 1.807) is 13.1 Å². The number of fused-ring (bicyclic) bond motifs is 1. The van der Waals surface area contributed by atoms with E-state index in [4.69, 9.17) is 0 Å². The smallest absolute Gasteiger partial charge is 0.274 e. The van der Waals surface area contributed by atoms with Gasteiger partial charge in [0.05, 0.1) is 17.5 Å². The number of carbonyl (C=O) groups excluding carboxylic acids is 1. The van der Waals surface area contributed by atoms with Gasteiger partial charge in [0, 0.05) is 24.4 Å². The molecule has 27 heavy (non-hydrogen) atoms. The number of amides is 1. The molecule has 0 aliphatic rings. The third kappa shape index (κ3) is 4.08. The summed E-state index contributed by atoms with van der Waals surface area (Å²) in [5, 5.41) is 8.63. The van der Waals surface area contributed by atoms with Crippen LogP contribution in [0, 0.1) is 6.92 Å². The fourth-order valence-electron chi connectivity index (χ4n) is 3.21. The Morgan fingerprint density at radius 3 is 2.52 bits per heavy atom. The molecular weight excluding hydrogens is 338 g/mol. The molecule has 1 N–H and O–H groups in total. The number of aryl methyl sites for hydroxylation is 2. The van der Waals surface area contributed by atoms with Crippen LogP contribution in [-0.4, -0.2) is 22.2 Å². The van der Waals surface area contributed by atoms with Crippen LogP contribution in [0.4, 0.5) is 0 Å². The van der Waals surface area contributed by atoms with Crippen molar-refractivity contribution in [2.75, 3.05) is 6.54 Å². The highest BCUT2D eigenvalue weighted by atomic mass is 16.1. The molecular formula is C22H25N3O2. The first-order valence-corrected chi connectivity index (χ1v) is 9.07. The summed E-state index contributed by atoms with van der Waals surface area (Å²) in [6, 6.07) is 15.6. The van der Waals surface area contributed by atoms with E-state index in [0.29, 0.717) is 17.6 Å². The first kappa shape index (κ1) is 18.8. The summed E-state index contributed by atoms with van der Waals surface area (Å²) >= 11 is 0. The van der Waals surface area contributed by atoms with E-state index < -0.39 is 0 Å². The van der Waals surface area contributed by atoms with E-state index in [-0.39, 0.29) is 23.3 Å². The lowest BCUT2D eigenvalue weighted by Gasteiger charge is -2.26. The zero-order chi connectivity index (χ0) is 19.6. The lowest BCUT2D eigenvalue weighted by Crippen LogP contribution is -2.37. The van der Waals surface area contributed by atoms with Crippen LogP contribution in [0.25, 0.3) is 10.8 Å². The minimum atomic E-state index is -0.180. The van der Waals surface area contributed by atoms with E-state index in [9.17, 15) is 9.59 Å². The standard InChI is InChI=1S/C22H25N3O2/c1-15-8-7-9-16(12-15)22(2,3)14-23-20(26)13-19-17-10-5-6-11-18(17)21(27)25(4)24-19/h5-12H,13-14H2,1-4H3,(H,23,26). The highest BCUT2D eigenvalue weighted by Gasteiger charge is 2.22. The Balaban J connectivity index is 1.76. The first-order valence-electron chi connectivity index (χ1n) is 9.07. The van der Waals surface area contributed by atoms with Crippen molar-refractivity contribution in [1.82, 2.24) is 15.1 Å². The van der Waals surface area contributed by atoms with Crippen LogP contribution in [0.15, 0.2) is 53.3 Å². The molecule has 0 unspecified atom stereocenters. The van der Waals surface area contributed by atoms with Crippen LogP contribution in [0.3, 0.4) is 0 Å². The maximum atomic E-state index is 12.6. The fraction of sp³-hybridized carbons (Fsp3) is 0.318. The molecule has 0 radical (unpaired) electrons. The number of nitrogens with one attached hydrogen (secondary N) is 1. The minimum Gasteiger partial charge on any atom is -0.355 e. The molecule has 0 fully saturated rings. The average molecular weight is 363 g/mol. The van der Waals surface area contributed by atoms with Gasteiger partial charge in [0.2, 0.25) is 5.91 Å². The third-order valence-corrected chi connectivity index (χ3v) is 4.89. The topological polar surface area (TPSA) is 64.0 Å². The first-order chi connectivity index (χ1) is 12.8. The second kappa shape index (κ2) is 7.35. The van der Waals surface area contributed by atoms with Gasteiger partial charge in [-0.05, 0) is 18.6 Å². The van der Waals surface area contributed by atoms with Crippen LogP contribution in [-0.2, 0) is 23.7 Å². The van der Waals surface area contributed by atoms with E-state index in [0.717, 1.165) is 5.39 Å². The predicted octanol–water partition coefficient (Wildman–Crippen LogP) is 2.88. The Kier molecular flexibility index (Phi) is 5.13. The van der Waals surface area contributed by atoms with Crippen LogP contribution in [0.2, 0.25) is 0 Å². The second-order valence-corrected chi connectivity index (χ2v) is 7.63. The molecule has 3 rings (SSSR count). The van der Waals surface area contributed by atoms with Crippen molar-refractivity contribution in [3.63, 3.8) is 0 Å². The Hall–Kier alpha value is -2.95. The normalized spacial score (nSPS) is 11.6. The van der Waals surface area contributed by atoms with Gasteiger partial charge >= 0.3 is 0 Å². The monoisotopic (exact) mass is 363 g/mol. The Morgan fingerprint density at radius 2 is 1.81 bits per heavy atom. The predicted molar refractivity (Wildman–Crippen MR) is 108 cm³/mol. The summed E-state index contributed by atoms with van der Waals surface area (Å²) in [7, 11) is 1.61. The SMILES string of the molecule is Cc1cccc(C(C)(C)CNC(=O)Cc2nn(C)c(=O)c3ccccc23)c1. The number of hydrogen-bond acceptors (Lipinski definition) is 3. The maximum absolute atomic E-state index is 12.6. The highest BCUT2D eigenvalue weighted by molar-refractivity contribution is 5.88. The van der Waals surface area contributed by atoms with Gasteiger partial charge in [-0.2, -0.15) is 5.10 Å². The van der Waals surface area contributed by atoms with Crippen molar-refractivity contribution >= 4 is 16.7 Å². The summed E-state index contributed by atoms with van der Waals surface area (Å²) in [5.74, 6) is -0.105. The maximum Gasteiger partial charge on any atom is 0.274 e. The van der Waals surface area contributed by atoms with Gasteiger partial charge in [0.1, 0.15) is 0 Å². The molecule has 0 saturated heterocycles. The van der Waals surface area contributed by atoms with Crippen LogP contribution in [0.5, 0.6) is 0 Å². The zero-order valence-electron chi connectivity index (χ0n) is 16.2. The average Bonchev–Trinajstić information content (AvgIpc) is 2.64. The summed E-state index contributed by atoms with van der Waals surface area (Å²) in [6.45, 7) is 6.82. The van der Waals surface area contributed by atoms with Crippen molar-refractivity contribution in [2.24, 2.45) is 7.05 Å². The summed E-state index contributed by atoms with van der Waals surface area (Å²) in [5.41, 5.74) is 2.66. The Bertz CT molecular complexity index is 1050. The molecule has 1 aromatic heterocycles. The highest BCUT2D eigenvalue weighted by Crippen LogP contribution is 2.23. The Morgan fingerprint density at radius 1 is 1.11 bits per heavy atom.